The number of aliphatic carboxylic acids is 1. The van der Waals surface area contributed by atoms with Crippen molar-refractivity contribution in [3.05, 3.63) is 35.9 Å². The molecule has 0 spiro atoms. The van der Waals surface area contributed by atoms with Crippen molar-refractivity contribution < 1.29 is 23.4 Å². The summed E-state index contributed by atoms with van der Waals surface area (Å²) < 4.78 is 26.9. The number of hydrogen-bond acceptors (Lipinski definition) is 4. The molecule has 1 aliphatic heterocycles. The van der Waals surface area contributed by atoms with Crippen LogP contribution in [0.1, 0.15) is 12.0 Å². The van der Waals surface area contributed by atoms with Crippen molar-refractivity contribution in [1.29, 1.82) is 0 Å². The molecule has 1 aromatic carbocycles. The van der Waals surface area contributed by atoms with Crippen molar-refractivity contribution in [2.24, 2.45) is 0 Å². The van der Waals surface area contributed by atoms with Crippen LogP contribution in [0.2, 0.25) is 0 Å². The third-order valence-electron chi connectivity index (χ3n) is 3.46. The van der Waals surface area contributed by atoms with Gasteiger partial charge in [0.05, 0.1) is 6.10 Å². The molecule has 116 valence electrons. The second-order valence-corrected chi connectivity index (χ2v) is 7.05. The van der Waals surface area contributed by atoms with Gasteiger partial charge in [0.15, 0.2) is 0 Å². The molecule has 0 aromatic heterocycles. The molecule has 1 saturated heterocycles. The third kappa shape index (κ3) is 3.41. The van der Waals surface area contributed by atoms with Crippen molar-refractivity contribution in [3.8, 4) is 0 Å². The van der Waals surface area contributed by atoms with E-state index in [-0.39, 0.29) is 19.5 Å². The van der Waals surface area contributed by atoms with Gasteiger partial charge in [0.25, 0.3) is 10.2 Å². The molecule has 2 rings (SSSR count). The van der Waals surface area contributed by atoms with Crippen LogP contribution in [0.3, 0.4) is 0 Å². The number of nitrogens with zero attached hydrogens (tertiary/aromatic N) is 2. The first kappa shape index (κ1) is 15.9. The summed E-state index contributed by atoms with van der Waals surface area (Å²) in [6.07, 6.45) is -1.04. The van der Waals surface area contributed by atoms with Gasteiger partial charge in [-0.05, 0) is 5.56 Å². The lowest BCUT2D eigenvalue weighted by Crippen LogP contribution is -2.47. The molecule has 0 unspecified atom stereocenters. The number of carboxylic acid groups (broad SMARTS) is 1. The topological polar surface area (TPSA) is 98.2 Å². The van der Waals surface area contributed by atoms with Crippen molar-refractivity contribution >= 4 is 16.2 Å². The smallest absolute Gasteiger partial charge is 0.322 e. The zero-order valence-corrected chi connectivity index (χ0v) is 12.4. The van der Waals surface area contributed by atoms with E-state index >= 15 is 0 Å². The minimum absolute atomic E-state index is 0.0895. The number of benzene rings is 1. The maximum absolute atomic E-state index is 12.5. The van der Waals surface area contributed by atoms with Gasteiger partial charge in [0, 0.05) is 26.6 Å². The van der Waals surface area contributed by atoms with Crippen LogP contribution < -0.4 is 0 Å². The average Bonchev–Trinajstić information content (AvgIpc) is 2.83. The van der Waals surface area contributed by atoms with Crippen LogP contribution in [-0.2, 0) is 21.5 Å². The molecule has 1 fully saturated rings. The van der Waals surface area contributed by atoms with E-state index in [0.717, 1.165) is 14.2 Å². The molecule has 0 aliphatic carbocycles. The lowest BCUT2D eigenvalue weighted by Gasteiger charge is -2.26. The average molecular weight is 314 g/mol. The first-order valence-electron chi connectivity index (χ1n) is 6.50. The maximum atomic E-state index is 12.5. The summed E-state index contributed by atoms with van der Waals surface area (Å²) in [6.45, 7) is -0.0550. The Morgan fingerprint density at radius 2 is 2.00 bits per heavy atom. The van der Waals surface area contributed by atoms with Crippen LogP contribution in [0.15, 0.2) is 30.3 Å². The lowest BCUT2D eigenvalue weighted by molar-refractivity contribution is -0.140. The van der Waals surface area contributed by atoms with Gasteiger partial charge in [0.2, 0.25) is 0 Å². The van der Waals surface area contributed by atoms with E-state index in [1.807, 2.05) is 6.07 Å². The molecule has 1 heterocycles. The summed E-state index contributed by atoms with van der Waals surface area (Å²) in [4.78, 5) is 11.1. The largest absolute Gasteiger partial charge is 0.480 e. The fourth-order valence-corrected chi connectivity index (χ4v) is 3.89. The highest BCUT2D eigenvalue weighted by atomic mass is 32.2. The molecule has 0 bridgehead atoms. The van der Waals surface area contributed by atoms with Crippen LogP contribution in [0.25, 0.3) is 0 Å². The van der Waals surface area contributed by atoms with Gasteiger partial charge in [0.1, 0.15) is 6.04 Å². The number of aliphatic hydroxyl groups is 1. The summed E-state index contributed by atoms with van der Waals surface area (Å²) in [5.41, 5.74) is 0.801. The van der Waals surface area contributed by atoms with Gasteiger partial charge in [-0.1, -0.05) is 30.3 Å². The lowest BCUT2D eigenvalue weighted by atomic mass is 10.2. The van der Waals surface area contributed by atoms with Gasteiger partial charge in [-0.3, -0.25) is 4.79 Å². The number of carboxylic acids is 1. The predicted octanol–water partition coefficient (Wildman–Crippen LogP) is -0.117. The Balaban J connectivity index is 2.18. The van der Waals surface area contributed by atoms with Crippen molar-refractivity contribution in [3.63, 3.8) is 0 Å². The normalized spacial score (nSPS) is 23.6. The number of hydrogen-bond donors (Lipinski definition) is 2. The molecule has 1 aromatic rings. The Hall–Kier alpha value is -1.48. The summed E-state index contributed by atoms with van der Waals surface area (Å²) in [7, 11) is -2.54. The van der Waals surface area contributed by atoms with E-state index in [9.17, 15) is 18.3 Å². The van der Waals surface area contributed by atoms with E-state index in [0.29, 0.717) is 0 Å². The fourth-order valence-electron chi connectivity index (χ4n) is 2.36. The van der Waals surface area contributed by atoms with Crippen molar-refractivity contribution in [1.82, 2.24) is 8.61 Å². The zero-order chi connectivity index (χ0) is 15.6. The van der Waals surface area contributed by atoms with Crippen molar-refractivity contribution in [2.75, 3.05) is 13.6 Å². The van der Waals surface area contributed by atoms with Crippen LogP contribution >= 0.6 is 0 Å². The minimum atomic E-state index is -3.94. The van der Waals surface area contributed by atoms with Crippen molar-refractivity contribution in [2.45, 2.75) is 25.1 Å². The summed E-state index contributed by atoms with van der Waals surface area (Å²) >= 11 is 0. The van der Waals surface area contributed by atoms with Crippen LogP contribution in [-0.4, -0.2) is 58.9 Å². The molecular weight excluding hydrogens is 296 g/mol. The third-order valence-corrected chi connectivity index (χ3v) is 5.37. The number of β-amino-alcohol motifs (C(OH)–C–C–N with tert-alkyl or cyclic N) is 1. The summed E-state index contributed by atoms with van der Waals surface area (Å²) in [5, 5.41) is 18.7. The van der Waals surface area contributed by atoms with Crippen LogP contribution in [0.5, 0.6) is 0 Å². The molecule has 21 heavy (non-hydrogen) atoms. The van der Waals surface area contributed by atoms with E-state index in [1.165, 1.54) is 7.05 Å². The second kappa shape index (κ2) is 6.10. The highest BCUT2D eigenvalue weighted by molar-refractivity contribution is 7.86. The highest BCUT2D eigenvalue weighted by Crippen LogP contribution is 2.24. The predicted molar refractivity (Wildman–Crippen MR) is 75.6 cm³/mol. The van der Waals surface area contributed by atoms with Gasteiger partial charge < -0.3 is 10.2 Å². The second-order valence-electron chi connectivity index (χ2n) is 5.06. The molecule has 8 heteroatoms. The maximum Gasteiger partial charge on any atom is 0.322 e. The van der Waals surface area contributed by atoms with Crippen LogP contribution in [0.4, 0.5) is 0 Å². The Kier molecular flexibility index (Phi) is 4.62. The first-order chi connectivity index (χ1) is 9.82. The molecule has 0 amide bonds. The molecule has 7 nitrogen and oxygen atoms in total. The molecule has 2 atom stereocenters. The monoisotopic (exact) mass is 314 g/mol. The van der Waals surface area contributed by atoms with E-state index in [4.69, 9.17) is 5.11 Å². The van der Waals surface area contributed by atoms with E-state index in [2.05, 4.69) is 0 Å². The quantitative estimate of drug-likeness (QED) is 0.790. The summed E-state index contributed by atoms with van der Waals surface area (Å²) in [5.74, 6) is -1.25. The number of carbonyl (C=O) groups is 1. The van der Waals surface area contributed by atoms with E-state index < -0.39 is 28.3 Å². The number of aliphatic hydroxyl groups excluding tert-OH is 1. The van der Waals surface area contributed by atoms with Gasteiger partial charge >= 0.3 is 5.97 Å². The first-order valence-corrected chi connectivity index (χ1v) is 7.90. The van der Waals surface area contributed by atoms with Gasteiger partial charge in [-0.2, -0.15) is 17.0 Å². The Morgan fingerprint density at radius 3 is 2.57 bits per heavy atom. The molecular formula is C13H18N2O5S. The standard InChI is InChI=1S/C13H18N2O5S/c1-14(8-10-5-3-2-4-6-10)21(19,20)15-9-11(16)7-12(15)13(17)18/h2-6,11-12,16H,7-9H2,1H3,(H,17,18)/t11-,12-/m1/s1. The van der Waals surface area contributed by atoms with E-state index in [1.54, 1.807) is 24.3 Å². The summed E-state index contributed by atoms with van der Waals surface area (Å²) in [6, 6.07) is 7.79. The Labute approximate surface area is 123 Å². The van der Waals surface area contributed by atoms with Gasteiger partial charge in [-0.25, -0.2) is 0 Å². The SMILES string of the molecule is CN(Cc1ccccc1)S(=O)(=O)N1C[C@H](O)C[C@@H]1C(=O)O. The van der Waals surface area contributed by atoms with Gasteiger partial charge in [-0.15, -0.1) is 0 Å². The fraction of sp³-hybridized carbons (Fsp3) is 0.462. The Bertz CT molecular complexity index is 604. The molecule has 2 N–H and O–H groups in total. The molecule has 0 saturated carbocycles. The highest BCUT2D eigenvalue weighted by Gasteiger charge is 2.44. The molecule has 0 radical (unpaired) electrons. The Morgan fingerprint density at radius 1 is 1.38 bits per heavy atom. The van der Waals surface area contributed by atoms with Crippen LogP contribution in [0, 0.1) is 0 Å². The molecule has 1 aliphatic rings. The minimum Gasteiger partial charge on any atom is -0.480 e. The number of rotatable bonds is 5. The zero-order valence-electron chi connectivity index (χ0n) is 11.6.